The number of halogens is 2. The van der Waals surface area contributed by atoms with Crippen LogP contribution in [-0.2, 0) is 22.6 Å². The predicted molar refractivity (Wildman–Crippen MR) is 85.0 cm³/mol. The molecule has 2 saturated carbocycles. The van der Waals surface area contributed by atoms with Gasteiger partial charge in [0.2, 0.25) is 15.9 Å². The van der Waals surface area contributed by atoms with E-state index in [1.165, 1.54) is 0 Å². The van der Waals surface area contributed by atoms with E-state index >= 15 is 0 Å². The Kier molecular flexibility index (Phi) is 3.59. The number of alkyl halides is 2. The largest absolute Gasteiger partial charge is 0.275 e. The van der Waals surface area contributed by atoms with Crippen molar-refractivity contribution in [3.63, 3.8) is 0 Å². The molecule has 24 heavy (non-hydrogen) atoms. The first-order valence-corrected chi connectivity index (χ1v) is 10.2. The van der Waals surface area contributed by atoms with Gasteiger partial charge in [-0.2, -0.15) is 9.40 Å². The normalized spacial score (nSPS) is 35.8. The minimum atomic E-state index is -3.56. The number of aromatic nitrogens is 2. The highest BCUT2D eigenvalue weighted by Gasteiger charge is 2.60. The van der Waals surface area contributed by atoms with Crippen LogP contribution < -0.4 is 0 Å². The van der Waals surface area contributed by atoms with Crippen LogP contribution in [0.5, 0.6) is 0 Å². The molecule has 0 N–H and O–H groups in total. The standard InChI is InChI=1S/C16H23F2N3O2S/c1-20-10-14(9-19-20)16-6-3-13(16)4-7-21(16)24(22,23)11-12-2-5-15(17,18)8-12/h9-10,12-13H,2-8,11H2,1H3. The van der Waals surface area contributed by atoms with Gasteiger partial charge in [0.25, 0.3) is 0 Å². The van der Waals surface area contributed by atoms with Gasteiger partial charge in [-0.25, -0.2) is 17.2 Å². The van der Waals surface area contributed by atoms with E-state index in [2.05, 4.69) is 5.10 Å². The molecule has 1 aliphatic heterocycles. The molecule has 4 rings (SSSR count). The Labute approximate surface area is 141 Å². The molecular formula is C16H23F2N3O2S. The average Bonchev–Trinajstić information content (AvgIpc) is 3.08. The van der Waals surface area contributed by atoms with Crippen molar-refractivity contribution in [2.45, 2.75) is 50.0 Å². The number of nitrogens with zero attached hydrogens (tertiary/aromatic N) is 3. The quantitative estimate of drug-likeness (QED) is 0.830. The average molecular weight is 359 g/mol. The third kappa shape index (κ3) is 2.41. The van der Waals surface area contributed by atoms with Gasteiger partial charge < -0.3 is 0 Å². The summed E-state index contributed by atoms with van der Waals surface area (Å²) in [6, 6.07) is 0. The molecule has 8 heteroatoms. The molecule has 3 unspecified atom stereocenters. The van der Waals surface area contributed by atoms with Crippen LogP contribution in [-0.4, -0.2) is 40.7 Å². The van der Waals surface area contributed by atoms with Crippen LogP contribution in [0, 0.1) is 11.8 Å². The van der Waals surface area contributed by atoms with Crippen molar-refractivity contribution in [1.82, 2.24) is 14.1 Å². The Morgan fingerprint density at radius 1 is 1.29 bits per heavy atom. The molecule has 0 bridgehead atoms. The summed E-state index contributed by atoms with van der Waals surface area (Å²) in [7, 11) is -1.74. The fraction of sp³-hybridized carbons (Fsp3) is 0.812. The fourth-order valence-corrected chi connectivity index (χ4v) is 7.22. The fourth-order valence-electron chi connectivity index (χ4n) is 4.93. The van der Waals surface area contributed by atoms with E-state index in [0.717, 1.165) is 24.8 Å². The molecular weight excluding hydrogens is 336 g/mol. The first kappa shape index (κ1) is 16.4. The van der Waals surface area contributed by atoms with Gasteiger partial charge in [0.05, 0.1) is 17.5 Å². The molecule has 2 aliphatic carbocycles. The Hall–Kier alpha value is -1.02. The Morgan fingerprint density at radius 2 is 2.08 bits per heavy atom. The maximum Gasteiger partial charge on any atom is 0.248 e. The summed E-state index contributed by atoms with van der Waals surface area (Å²) in [5.74, 6) is -2.97. The molecule has 5 nitrogen and oxygen atoms in total. The van der Waals surface area contributed by atoms with Gasteiger partial charge in [0, 0.05) is 38.2 Å². The van der Waals surface area contributed by atoms with Crippen LogP contribution in [0.3, 0.4) is 0 Å². The summed E-state index contributed by atoms with van der Waals surface area (Å²) in [4.78, 5) is 0. The van der Waals surface area contributed by atoms with E-state index in [0.29, 0.717) is 18.9 Å². The summed E-state index contributed by atoms with van der Waals surface area (Å²) < 4.78 is 56.2. The maximum atomic E-state index is 13.4. The van der Waals surface area contributed by atoms with Crippen molar-refractivity contribution in [2.24, 2.45) is 18.9 Å². The van der Waals surface area contributed by atoms with Gasteiger partial charge >= 0.3 is 0 Å². The third-order valence-corrected chi connectivity index (χ3v) is 8.24. The lowest BCUT2D eigenvalue weighted by atomic mass is 9.65. The summed E-state index contributed by atoms with van der Waals surface area (Å²) in [6.45, 7) is 0.491. The lowest BCUT2D eigenvalue weighted by Gasteiger charge is -2.49. The SMILES string of the molecule is Cn1cc(C23CCC2CCN3S(=O)(=O)CC2CCC(F)(F)C2)cn1. The lowest BCUT2D eigenvalue weighted by Crippen LogP contribution is -2.54. The number of fused-ring (bicyclic) bond motifs is 1. The predicted octanol–water partition coefficient (Wildman–Crippen LogP) is 2.50. The highest BCUT2D eigenvalue weighted by Crippen LogP contribution is 2.58. The minimum absolute atomic E-state index is 0.155. The molecule has 0 amide bonds. The Morgan fingerprint density at radius 3 is 2.62 bits per heavy atom. The first-order valence-electron chi connectivity index (χ1n) is 8.60. The van der Waals surface area contributed by atoms with Crippen molar-refractivity contribution in [1.29, 1.82) is 0 Å². The number of sulfonamides is 1. The van der Waals surface area contributed by atoms with Crippen LogP contribution in [0.15, 0.2) is 12.4 Å². The highest BCUT2D eigenvalue weighted by molar-refractivity contribution is 7.89. The van der Waals surface area contributed by atoms with Gasteiger partial charge in [0.15, 0.2) is 0 Å². The van der Waals surface area contributed by atoms with Gasteiger partial charge in [-0.15, -0.1) is 0 Å². The van der Waals surface area contributed by atoms with Gasteiger partial charge in [-0.3, -0.25) is 4.68 Å². The van der Waals surface area contributed by atoms with Crippen molar-refractivity contribution >= 4 is 10.0 Å². The highest BCUT2D eigenvalue weighted by atomic mass is 32.2. The van der Waals surface area contributed by atoms with Crippen molar-refractivity contribution in [3.8, 4) is 0 Å². The Balaban J connectivity index is 1.60. The van der Waals surface area contributed by atoms with Crippen molar-refractivity contribution in [2.75, 3.05) is 12.3 Å². The molecule has 3 aliphatic rings. The second kappa shape index (κ2) is 5.24. The van der Waals surface area contributed by atoms with E-state index in [-0.39, 0.29) is 18.6 Å². The number of hydrogen-bond donors (Lipinski definition) is 0. The lowest BCUT2D eigenvalue weighted by molar-refractivity contribution is 0.00582. The number of rotatable bonds is 4. The van der Waals surface area contributed by atoms with E-state index < -0.39 is 27.4 Å². The molecule has 0 aromatic carbocycles. The van der Waals surface area contributed by atoms with Crippen molar-refractivity contribution < 1.29 is 17.2 Å². The summed E-state index contributed by atoms with van der Waals surface area (Å²) in [5, 5.41) is 4.21. The smallest absolute Gasteiger partial charge is 0.248 e. The van der Waals surface area contributed by atoms with Crippen LogP contribution in [0.2, 0.25) is 0 Å². The van der Waals surface area contributed by atoms with E-state index in [4.69, 9.17) is 0 Å². The second-order valence-corrected chi connectivity index (χ2v) is 9.60. The van der Waals surface area contributed by atoms with Gasteiger partial charge in [0.1, 0.15) is 0 Å². The maximum absolute atomic E-state index is 13.4. The molecule has 3 atom stereocenters. The summed E-state index contributed by atoms with van der Waals surface area (Å²) in [6.07, 6.45) is 6.10. The monoisotopic (exact) mass is 359 g/mol. The Bertz CT molecular complexity index is 748. The second-order valence-electron chi connectivity index (χ2n) is 7.67. The van der Waals surface area contributed by atoms with Crippen molar-refractivity contribution in [3.05, 3.63) is 18.0 Å². The van der Waals surface area contributed by atoms with E-state index in [9.17, 15) is 17.2 Å². The molecule has 1 aromatic heterocycles. The molecule has 1 saturated heterocycles. The minimum Gasteiger partial charge on any atom is -0.275 e. The molecule has 3 fully saturated rings. The van der Waals surface area contributed by atoms with Crippen LogP contribution >= 0.6 is 0 Å². The topological polar surface area (TPSA) is 55.2 Å². The summed E-state index contributed by atoms with van der Waals surface area (Å²) >= 11 is 0. The zero-order valence-electron chi connectivity index (χ0n) is 13.8. The zero-order valence-corrected chi connectivity index (χ0v) is 14.6. The molecule has 0 radical (unpaired) electrons. The van der Waals surface area contributed by atoms with E-state index in [1.54, 1.807) is 15.2 Å². The zero-order chi connectivity index (χ0) is 17.2. The molecule has 0 spiro atoms. The summed E-state index contributed by atoms with van der Waals surface area (Å²) in [5.41, 5.74) is 0.452. The molecule has 1 aromatic rings. The first-order chi connectivity index (χ1) is 11.2. The van der Waals surface area contributed by atoms with Gasteiger partial charge in [-0.05, 0) is 37.5 Å². The van der Waals surface area contributed by atoms with E-state index in [1.807, 2.05) is 13.2 Å². The van der Waals surface area contributed by atoms with Crippen LogP contribution in [0.4, 0.5) is 8.78 Å². The van der Waals surface area contributed by atoms with Crippen LogP contribution in [0.25, 0.3) is 0 Å². The third-order valence-electron chi connectivity index (χ3n) is 6.17. The molecule has 134 valence electrons. The van der Waals surface area contributed by atoms with Gasteiger partial charge in [-0.1, -0.05) is 0 Å². The molecule has 2 heterocycles. The van der Waals surface area contributed by atoms with Crippen LogP contribution in [0.1, 0.15) is 44.1 Å². The number of hydrogen-bond acceptors (Lipinski definition) is 3. The number of aryl methyl sites for hydroxylation is 1.